The van der Waals surface area contributed by atoms with Crippen molar-refractivity contribution in [3.8, 4) is 0 Å². The molecule has 0 aliphatic carbocycles. The third-order valence-electron chi connectivity index (χ3n) is 6.65. The molecule has 1 amide bonds. The molecule has 0 saturated carbocycles. The van der Waals surface area contributed by atoms with Crippen molar-refractivity contribution in [1.82, 2.24) is 9.80 Å². The zero-order valence-corrected chi connectivity index (χ0v) is 16.0. The number of benzene rings is 1. The van der Waals surface area contributed by atoms with Crippen LogP contribution in [0.3, 0.4) is 0 Å². The SMILES string of the molecule is CCN1CCC2(CC1)OC(=O)C(C)C2C(=O)N1CCc2ccc(F)cc2C1. The summed E-state index contributed by atoms with van der Waals surface area (Å²) >= 11 is 0. The average Bonchev–Trinajstić information content (AvgIpc) is 2.91. The van der Waals surface area contributed by atoms with Crippen LogP contribution in [0.2, 0.25) is 0 Å². The van der Waals surface area contributed by atoms with Gasteiger partial charge in [0.25, 0.3) is 0 Å². The number of rotatable bonds is 2. The van der Waals surface area contributed by atoms with Crippen LogP contribution in [-0.4, -0.2) is 53.5 Å². The second-order valence-corrected chi connectivity index (χ2v) is 8.11. The Labute approximate surface area is 159 Å². The molecule has 2 unspecified atom stereocenters. The molecule has 0 radical (unpaired) electrons. The Balaban J connectivity index is 1.57. The predicted octanol–water partition coefficient (Wildman–Crippen LogP) is 2.37. The molecule has 0 bridgehead atoms. The minimum absolute atomic E-state index is 0.0202. The first-order valence-electron chi connectivity index (χ1n) is 9.95. The highest BCUT2D eigenvalue weighted by Crippen LogP contribution is 2.45. The lowest BCUT2D eigenvalue weighted by Crippen LogP contribution is -2.53. The topological polar surface area (TPSA) is 49.9 Å². The summed E-state index contributed by atoms with van der Waals surface area (Å²) in [6, 6.07) is 4.79. The van der Waals surface area contributed by atoms with E-state index in [4.69, 9.17) is 4.74 Å². The molecule has 27 heavy (non-hydrogen) atoms. The maximum atomic E-state index is 13.6. The summed E-state index contributed by atoms with van der Waals surface area (Å²) in [4.78, 5) is 30.0. The maximum absolute atomic E-state index is 13.6. The van der Waals surface area contributed by atoms with Gasteiger partial charge < -0.3 is 14.5 Å². The second kappa shape index (κ2) is 6.89. The summed E-state index contributed by atoms with van der Waals surface area (Å²) in [6.07, 6.45) is 2.12. The lowest BCUT2D eigenvalue weighted by Gasteiger charge is -2.42. The first-order chi connectivity index (χ1) is 12.9. The zero-order chi connectivity index (χ0) is 19.2. The number of carbonyl (C=O) groups excluding carboxylic acids is 2. The monoisotopic (exact) mass is 374 g/mol. The van der Waals surface area contributed by atoms with Crippen LogP contribution in [-0.2, 0) is 27.3 Å². The number of amides is 1. The van der Waals surface area contributed by atoms with Gasteiger partial charge in [-0.2, -0.15) is 0 Å². The van der Waals surface area contributed by atoms with Crippen LogP contribution in [0.15, 0.2) is 18.2 Å². The summed E-state index contributed by atoms with van der Waals surface area (Å²) < 4.78 is 19.5. The summed E-state index contributed by atoms with van der Waals surface area (Å²) in [5, 5.41) is 0. The number of hydrogen-bond donors (Lipinski definition) is 0. The Morgan fingerprint density at radius 3 is 2.70 bits per heavy atom. The third-order valence-corrected chi connectivity index (χ3v) is 6.65. The first kappa shape index (κ1) is 18.4. The highest BCUT2D eigenvalue weighted by atomic mass is 19.1. The van der Waals surface area contributed by atoms with Gasteiger partial charge >= 0.3 is 5.97 Å². The number of ether oxygens (including phenoxy) is 1. The van der Waals surface area contributed by atoms with E-state index in [0.717, 1.165) is 30.8 Å². The average molecular weight is 374 g/mol. The Hall–Kier alpha value is -1.95. The first-order valence-corrected chi connectivity index (χ1v) is 9.95. The van der Waals surface area contributed by atoms with Gasteiger partial charge in [0.2, 0.25) is 5.91 Å². The summed E-state index contributed by atoms with van der Waals surface area (Å²) in [5.74, 6) is -1.44. The number of carbonyl (C=O) groups is 2. The number of likely N-dealkylation sites (tertiary alicyclic amines) is 1. The largest absolute Gasteiger partial charge is 0.458 e. The molecule has 146 valence electrons. The summed E-state index contributed by atoms with van der Waals surface area (Å²) in [5.41, 5.74) is 1.28. The summed E-state index contributed by atoms with van der Waals surface area (Å²) in [6.45, 7) is 7.58. The number of hydrogen-bond acceptors (Lipinski definition) is 4. The zero-order valence-electron chi connectivity index (χ0n) is 16.0. The van der Waals surface area contributed by atoms with E-state index in [0.29, 0.717) is 32.4 Å². The Morgan fingerprint density at radius 2 is 2.00 bits per heavy atom. The second-order valence-electron chi connectivity index (χ2n) is 8.11. The van der Waals surface area contributed by atoms with Crippen molar-refractivity contribution in [2.75, 3.05) is 26.2 Å². The van der Waals surface area contributed by atoms with Crippen LogP contribution in [0.25, 0.3) is 0 Å². The fourth-order valence-electron chi connectivity index (χ4n) is 4.96. The van der Waals surface area contributed by atoms with Gasteiger partial charge in [-0.05, 0) is 36.2 Å². The third kappa shape index (κ3) is 3.14. The number of nitrogens with zero attached hydrogens (tertiary/aromatic N) is 2. The molecule has 2 fully saturated rings. The smallest absolute Gasteiger partial charge is 0.310 e. The fourth-order valence-corrected chi connectivity index (χ4v) is 4.96. The van der Waals surface area contributed by atoms with Gasteiger partial charge in [-0.15, -0.1) is 0 Å². The molecule has 6 heteroatoms. The number of esters is 1. The van der Waals surface area contributed by atoms with Gasteiger partial charge in [0.05, 0.1) is 11.8 Å². The molecule has 0 aromatic heterocycles. The molecule has 2 saturated heterocycles. The van der Waals surface area contributed by atoms with Crippen molar-refractivity contribution >= 4 is 11.9 Å². The molecular weight excluding hydrogens is 347 g/mol. The van der Waals surface area contributed by atoms with Gasteiger partial charge in [0.15, 0.2) is 0 Å². The molecule has 0 N–H and O–H groups in total. The van der Waals surface area contributed by atoms with E-state index in [1.165, 1.54) is 12.1 Å². The van der Waals surface area contributed by atoms with Gasteiger partial charge in [-0.3, -0.25) is 9.59 Å². The van der Waals surface area contributed by atoms with E-state index in [1.54, 1.807) is 11.0 Å². The predicted molar refractivity (Wildman–Crippen MR) is 98.3 cm³/mol. The van der Waals surface area contributed by atoms with Gasteiger partial charge in [0, 0.05) is 39.0 Å². The lowest BCUT2D eigenvalue weighted by molar-refractivity contribution is -0.158. The van der Waals surface area contributed by atoms with Crippen LogP contribution >= 0.6 is 0 Å². The van der Waals surface area contributed by atoms with E-state index >= 15 is 0 Å². The molecular formula is C21H27FN2O3. The molecule has 3 aliphatic heterocycles. The molecule has 1 spiro atoms. The Kier molecular flexibility index (Phi) is 4.70. The minimum atomic E-state index is -0.679. The highest BCUT2D eigenvalue weighted by molar-refractivity contribution is 5.89. The standard InChI is InChI=1S/C21H27FN2O3/c1-3-23-10-7-21(8-11-23)18(14(2)20(26)27-21)19(25)24-9-6-15-4-5-17(22)12-16(15)13-24/h4-5,12,14,18H,3,6-11,13H2,1-2H3. The molecule has 4 rings (SSSR count). The van der Waals surface area contributed by atoms with Crippen molar-refractivity contribution in [3.05, 3.63) is 35.1 Å². The quantitative estimate of drug-likeness (QED) is 0.746. The van der Waals surface area contributed by atoms with Crippen LogP contribution in [0.5, 0.6) is 0 Å². The molecule has 1 aromatic carbocycles. The van der Waals surface area contributed by atoms with Crippen molar-refractivity contribution in [1.29, 1.82) is 0 Å². The van der Waals surface area contributed by atoms with Crippen molar-refractivity contribution in [2.24, 2.45) is 11.8 Å². The van der Waals surface area contributed by atoms with E-state index in [1.807, 2.05) is 6.92 Å². The van der Waals surface area contributed by atoms with Gasteiger partial charge in [0.1, 0.15) is 11.4 Å². The van der Waals surface area contributed by atoms with E-state index < -0.39 is 17.4 Å². The molecule has 1 aromatic rings. The van der Waals surface area contributed by atoms with E-state index in [9.17, 15) is 14.0 Å². The fraction of sp³-hybridized carbons (Fsp3) is 0.619. The van der Waals surface area contributed by atoms with Gasteiger partial charge in [-0.25, -0.2) is 4.39 Å². The summed E-state index contributed by atoms with van der Waals surface area (Å²) in [7, 11) is 0. The van der Waals surface area contributed by atoms with Crippen molar-refractivity contribution in [3.63, 3.8) is 0 Å². The maximum Gasteiger partial charge on any atom is 0.310 e. The van der Waals surface area contributed by atoms with E-state index in [2.05, 4.69) is 11.8 Å². The highest BCUT2D eigenvalue weighted by Gasteiger charge is 2.58. The molecule has 2 atom stereocenters. The van der Waals surface area contributed by atoms with Crippen LogP contribution in [0.1, 0.15) is 37.8 Å². The number of fused-ring (bicyclic) bond motifs is 1. The van der Waals surface area contributed by atoms with Gasteiger partial charge in [-0.1, -0.05) is 19.9 Å². The van der Waals surface area contributed by atoms with Crippen LogP contribution < -0.4 is 0 Å². The molecule has 3 heterocycles. The lowest BCUT2D eigenvalue weighted by atomic mass is 9.74. The molecule has 3 aliphatic rings. The van der Waals surface area contributed by atoms with E-state index in [-0.39, 0.29) is 17.7 Å². The molecule has 5 nitrogen and oxygen atoms in total. The number of halogens is 1. The minimum Gasteiger partial charge on any atom is -0.458 e. The van der Waals surface area contributed by atoms with Crippen molar-refractivity contribution in [2.45, 2.75) is 45.3 Å². The van der Waals surface area contributed by atoms with Crippen LogP contribution in [0, 0.1) is 17.7 Å². The van der Waals surface area contributed by atoms with Crippen molar-refractivity contribution < 1.29 is 18.7 Å². The Bertz CT molecular complexity index is 758. The normalized spacial score (nSPS) is 27.5. The van der Waals surface area contributed by atoms with Crippen LogP contribution in [0.4, 0.5) is 4.39 Å². The Morgan fingerprint density at radius 1 is 1.26 bits per heavy atom. The number of piperidine rings is 1.